The van der Waals surface area contributed by atoms with Crippen LogP contribution in [0.5, 0.6) is 5.75 Å². The Labute approximate surface area is 203 Å². The average molecular weight is 484 g/mol. The minimum Gasteiger partial charge on any atom is -0.505 e. The van der Waals surface area contributed by atoms with Crippen molar-refractivity contribution in [1.82, 2.24) is 15.2 Å². The minimum absolute atomic E-state index is 0.130. The van der Waals surface area contributed by atoms with Gasteiger partial charge in [-0.15, -0.1) is 0 Å². The molecule has 172 valence electrons. The highest BCUT2D eigenvalue weighted by molar-refractivity contribution is 6.37. The fourth-order valence-corrected chi connectivity index (χ4v) is 4.79. The third kappa shape index (κ3) is 5.99. The number of H-pyrrole nitrogens is 1. The van der Waals surface area contributed by atoms with Crippen LogP contribution in [0.4, 0.5) is 0 Å². The smallest absolute Gasteiger partial charge is 0.244 e. The fourth-order valence-electron chi connectivity index (χ4n) is 4.29. The molecule has 1 aliphatic rings. The van der Waals surface area contributed by atoms with E-state index in [1.807, 2.05) is 0 Å². The van der Waals surface area contributed by atoms with E-state index in [-0.39, 0.29) is 21.7 Å². The third-order valence-corrected chi connectivity index (χ3v) is 6.64. The standard InChI is InChI=1S/C26H27Cl2N3O2/c27-22-15-18(16-23(28)26(22)33)5-1-4-8-25(32)29-11-14-31-12-9-19(10-13-31)21-17-30-24-7-3-2-6-20(21)24/h1-8,15-17,19,30,33H,9-14H2,(H,29,32)/b5-1+,8-4+. The van der Waals surface area contributed by atoms with Crippen molar-refractivity contribution in [2.75, 3.05) is 26.2 Å². The molecule has 0 atom stereocenters. The van der Waals surface area contributed by atoms with Gasteiger partial charge >= 0.3 is 0 Å². The topological polar surface area (TPSA) is 68.4 Å². The van der Waals surface area contributed by atoms with Gasteiger partial charge in [0.2, 0.25) is 5.91 Å². The van der Waals surface area contributed by atoms with Gasteiger partial charge in [-0.1, -0.05) is 59.6 Å². The number of rotatable bonds is 7. The van der Waals surface area contributed by atoms with E-state index < -0.39 is 0 Å². The third-order valence-electron chi connectivity index (χ3n) is 6.06. The number of phenols is 1. The Kier molecular flexibility index (Phi) is 7.76. The van der Waals surface area contributed by atoms with Gasteiger partial charge in [0, 0.05) is 36.3 Å². The quantitative estimate of drug-likeness (QED) is 0.296. The lowest BCUT2D eigenvalue weighted by molar-refractivity contribution is -0.116. The molecule has 2 heterocycles. The van der Waals surface area contributed by atoms with Crippen LogP contribution in [0.25, 0.3) is 17.0 Å². The molecule has 0 radical (unpaired) electrons. The maximum atomic E-state index is 12.1. The molecular weight excluding hydrogens is 457 g/mol. The summed E-state index contributed by atoms with van der Waals surface area (Å²) < 4.78 is 0. The molecule has 1 saturated heterocycles. The number of amides is 1. The minimum atomic E-state index is -0.132. The first-order valence-corrected chi connectivity index (χ1v) is 11.9. The van der Waals surface area contributed by atoms with Crippen molar-refractivity contribution < 1.29 is 9.90 Å². The number of para-hydroxylation sites is 1. The second-order valence-corrected chi connectivity index (χ2v) is 9.06. The average Bonchev–Trinajstić information content (AvgIpc) is 3.25. The fraction of sp³-hybridized carbons (Fsp3) is 0.269. The lowest BCUT2D eigenvalue weighted by Gasteiger charge is -2.31. The number of halogens is 2. The molecule has 0 unspecified atom stereocenters. The van der Waals surface area contributed by atoms with Gasteiger partial charge in [-0.05, 0) is 61.2 Å². The molecule has 1 aliphatic heterocycles. The number of hydrogen-bond acceptors (Lipinski definition) is 3. The summed E-state index contributed by atoms with van der Waals surface area (Å²) >= 11 is 11.8. The van der Waals surface area contributed by atoms with Crippen LogP contribution in [0.1, 0.15) is 29.9 Å². The van der Waals surface area contributed by atoms with Crippen LogP contribution >= 0.6 is 23.2 Å². The van der Waals surface area contributed by atoms with E-state index in [0.29, 0.717) is 12.5 Å². The summed E-state index contributed by atoms with van der Waals surface area (Å²) in [5.74, 6) is 0.322. The summed E-state index contributed by atoms with van der Waals surface area (Å²) in [4.78, 5) is 17.8. The number of benzene rings is 2. The molecule has 1 fully saturated rings. The number of aromatic nitrogens is 1. The van der Waals surface area contributed by atoms with E-state index >= 15 is 0 Å². The number of fused-ring (bicyclic) bond motifs is 1. The number of piperidine rings is 1. The Balaban J connectivity index is 1.17. The number of allylic oxidation sites excluding steroid dienone is 2. The summed E-state index contributed by atoms with van der Waals surface area (Å²) in [6.07, 6.45) is 11.1. The number of carbonyl (C=O) groups excluding carboxylic acids is 1. The summed E-state index contributed by atoms with van der Waals surface area (Å²) in [5.41, 5.74) is 3.37. The zero-order chi connectivity index (χ0) is 23.2. The Morgan fingerprint density at radius 3 is 2.64 bits per heavy atom. The van der Waals surface area contributed by atoms with Gasteiger partial charge in [0.05, 0.1) is 10.0 Å². The van der Waals surface area contributed by atoms with Crippen molar-refractivity contribution in [3.63, 3.8) is 0 Å². The second-order valence-electron chi connectivity index (χ2n) is 8.25. The lowest BCUT2D eigenvalue weighted by atomic mass is 9.89. The number of carbonyl (C=O) groups is 1. The Morgan fingerprint density at radius 2 is 1.88 bits per heavy atom. The normalized spacial score (nSPS) is 15.7. The van der Waals surface area contributed by atoms with Crippen molar-refractivity contribution in [2.45, 2.75) is 18.8 Å². The van der Waals surface area contributed by atoms with Crippen molar-refractivity contribution >= 4 is 46.1 Å². The van der Waals surface area contributed by atoms with Gasteiger partial charge in [-0.2, -0.15) is 0 Å². The Hall–Kier alpha value is -2.73. The maximum Gasteiger partial charge on any atom is 0.244 e. The van der Waals surface area contributed by atoms with Gasteiger partial charge in [0.25, 0.3) is 0 Å². The number of nitrogens with zero attached hydrogens (tertiary/aromatic N) is 1. The van der Waals surface area contributed by atoms with E-state index in [2.05, 4.69) is 45.7 Å². The first-order valence-electron chi connectivity index (χ1n) is 11.1. The predicted octanol–water partition coefficient (Wildman–Crippen LogP) is 5.75. The summed E-state index contributed by atoms with van der Waals surface area (Å²) in [6.45, 7) is 3.54. The van der Waals surface area contributed by atoms with Crippen LogP contribution in [0.15, 0.2) is 60.8 Å². The van der Waals surface area contributed by atoms with Crippen LogP contribution < -0.4 is 5.32 Å². The first-order chi connectivity index (χ1) is 16.0. The van der Waals surface area contributed by atoms with Gasteiger partial charge in [0.1, 0.15) is 0 Å². The molecule has 1 amide bonds. The van der Waals surface area contributed by atoms with Gasteiger partial charge in [0.15, 0.2) is 5.75 Å². The van der Waals surface area contributed by atoms with Crippen LogP contribution in [0.3, 0.4) is 0 Å². The molecule has 0 spiro atoms. The van der Waals surface area contributed by atoms with E-state index in [0.717, 1.165) is 38.0 Å². The molecule has 7 heteroatoms. The van der Waals surface area contributed by atoms with E-state index in [9.17, 15) is 9.90 Å². The van der Waals surface area contributed by atoms with Crippen LogP contribution in [-0.2, 0) is 4.79 Å². The number of nitrogens with one attached hydrogen (secondary N) is 2. The zero-order valence-corrected chi connectivity index (χ0v) is 19.7. The van der Waals surface area contributed by atoms with E-state index in [1.165, 1.54) is 22.5 Å². The predicted molar refractivity (Wildman–Crippen MR) is 136 cm³/mol. The summed E-state index contributed by atoms with van der Waals surface area (Å²) in [7, 11) is 0. The van der Waals surface area contributed by atoms with Crippen molar-refractivity contribution in [1.29, 1.82) is 0 Å². The second kappa shape index (κ2) is 10.9. The van der Waals surface area contributed by atoms with Crippen LogP contribution in [0, 0.1) is 0 Å². The largest absolute Gasteiger partial charge is 0.505 e. The highest BCUT2D eigenvalue weighted by Crippen LogP contribution is 2.34. The molecule has 0 saturated carbocycles. The van der Waals surface area contributed by atoms with Crippen molar-refractivity contribution in [3.8, 4) is 5.75 Å². The Morgan fingerprint density at radius 1 is 1.15 bits per heavy atom. The van der Waals surface area contributed by atoms with Gasteiger partial charge in [-0.3, -0.25) is 4.79 Å². The van der Waals surface area contributed by atoms with Crippen molar-refractivity contribution in [3.05, 3.63) is 82.0 Å². The molecule has 3 aromatic rings. The number of phenolic OH excluding ortho intramolecular Hbond substituents is 1. The first kappa shape index (κ1) is 23.4. The van der Waals surface area contributed by atoms with E-state index in [1.54, 1.807) is 30.4 Å². The van der Waals surface area contributed by atoms with E-state index in [4.69, 9.17) is 23.2 Å². The molecule has 0 aliphatic carbocycles. The number of hydrogen-bond donors (Lipinski definition) is 3. The molecule has 4 rings (SSSR count). The molecule has 33 heavy (non-hydrogen) atoms. The monoisotopic (exact) mass is 483 g/mol. The van der Waals surface area contributed by atoms with Gasteiger partial charge in [-0.25, -0.2) is 0 Å². The summed E-state index contributed by atoms with van der Waals surface area (Å²) in [6, 6.07) is 11.7. The van der Waals surface area contributed by atoms with Crippen LogP contribution in [-0.4, -0.2) is 47.1 Å². The van der Waals surface area contributed by atoms with Gasteiger partial charge < -0.3 is 20.3 Å². The molecule has 5 nitrogen and oxygen atoms in total. The number of aromatic hydroxyl groups is 1. The highest BCUT2D eigenvalue weighted by atomic mass is 35.5. The molecule has 3 N–H and O–H groups in total. The molecular formula is C26H27Cl2N3O2. The SMILES string of the molecule is O=C(/C=C/C=C/c1cc(Cl)c(O)c(Cl)c1)NCCN1CCC(c2c[nH]c3ccccc23)CC1. The number of likely N-dealkylation sites (tertiary alicyclic amines) is 1. The van der Waals surface area contributed by atoms with Crippen molar-refractivity contribution in [2.24, 2.45) is 0 Å². The van der Waals surface area contributed by atoms with Crippen LogP contribution in [0.2, 0.25) is 10.0 Å². The maximum absolute atomic E-state index is 12.1. The number of aromatic amines is 1. The zero-order valence-electron chi connectivity index (χ0n) is 18.2. The Bertz CT molecular complexity index is 1150. The lowest BCUT2D eigenvalue weighted by Crippen LogP contribution is -2.38. The molecule has 0 bridgehead atoms. The molecule has 2 aromatic carbocycles. The summed E-state index contributed by atoms with van der Waals surface area (Å²) in [5, 5.41) is 14.2. The highest BCUT2D eigenvalue weighted by Gasteiger charge is 2.22. The molecule has 1 aromatic heterocycles.